The highest BCUT2D eigenvalue weighted by molar-refractivity contribution is 6.33. The van der Waals surface area contributed by atoms with Crippen molar-refractivity contribution in [2.24, 2.45) is 0 Å². The second kappa shape index (κ2) is 7.12. The van der Waals surface area contributed by atoms with Gasteiger partial charge in [0.25, 0.3) is 0 Å². The van der Waals surface area contributed by atoms with E-state index in [-0.39, 0.29) is 6.04 Å². The molecule has 0 saturated carbocycles. The van der Waals surface area contributed by atoms with Crippen LogP contribution in [0.3, 0.4) is 0 Å². The molecule has 1 N–H and O–H groups in total. The molecule has 2 aromatic rings. The van der Waals surface area contributed by atoms with Gasteiger partial charge >= 0.3 is 0 Å². The lowest BCUT2D eigenvalue weighted by atomic mass is 10.1. The number of halogens is 2. The quantitative estimate of drug-likeness (QED) is 0.888. The third-order valence-corrected chi connectivity index (χ3v) is 4.15. The maximum absolute atomic E-state index is 6.37. The van der Waals surface area contributed by atoms with Crippen LogP contribution in [0, 0.1) is 0 Å². The summed E-state index contributed by atoms with van der Waals surface area (Å²) in [7, 11) is 3.87. The normalized spacial score (nSPS) is 12.2. The van der Waals surface area contributed by atoms with Gasteiger partial charge < -0.3 is 10.2 Å². The van der Waals surface area contributed by atoms with E-state index in [1.807, 2.05) is 55.5 Å². The average Bonchev–Trinajstić information content (AvgIpc) is 2.47. The Morgan fingerprint density at radius 3 is 2.57 bits per heavy atom. The molecular weight excluding hydrogens is 305 g/mol. The lowest BCUT2D eigenvalue weighted by Gasteiger charge is -2.28. The Balaban J connectivity index is 2.27. The Morgan fingerprint density at radius 1 is 1.24 bits per heavy atom. The topological polar surface area (TPSA) is 28.2 Å². The lowest BCUT2D eigenvalue weighted by molar-refractivity contribution is 0.727. The first-order chi connectivity index (χ1) is 10.0. The largest absolute Gasteiger partial charge is 0.352 e. The third-order valence-electron chi connectivity index (χ3n) is 3.53. The summed E-state index contributed by atoms with van der Waals surface area (Å²) in [6.07, 6.45) is 1.84. The minimum atomic E-state index is 0.0823. The number of nitrogens with one attached hydrogen (secondary N) is 1. The van der Waals surface area contributed by atoms with E-state index in [0.29, 0.717) is 5.02 Å². The summed E-state index contributed by atoms with van der Waals surface area (Å²) >= 11 is 12.6. The second-order valence-electron chi connectivity index (χ2n) is 4.99. The van der Waals surface area contributed by atoms with E-state index in [1.165, 1.54) is 0 Å². The van der Waals surface area contributed by atoms with E-state index in [2.05, 4.69) is 17.2 Å². The molecule has 1 unspecified atom stereocenters. The van der Waals surface area contributed by atoms with E-state index in [0.717, 1.165) is 28.5 Å². The zero-order chi connectivity index (χ0) is 15.4. The molecule has 3 nitrogen and oxygen atoms in total. The zero-order valence-electron chi connectivity index (χ0n) is 12.4. The molecule has 0 aliphatic rings. The summed E-state index contributed by atoms with van der Waals surface area (Å²) in [6.45, 7) is 2.83. The summed E-state index contributed by atoms with van der Waals surface area (Å²) in [5.41, 5.74) is 2.11. The molecule has 1 aromatic carbocycles. The van der Waals surface area contributed by atoms with Crippen molar-refractivity contribution in [3.05, 3.63) is 57.7 Å². The molecule has 0 amide bonds. The molecule has 2 rings (SSSR count). The van der Waals surface area contributed by atoms with Gasteiger partial charge in [0.05, 0.1) is 11.1 Å². The summed E-state index contributed by atoms with van der Waals surface area (Å²) in [4.78, 5) is 6.52. The lowest BCUT2D eigenvalue weighted by Crippen LogP contribution is -2.23. The molecule has 0 aliphatic carbocycles. The van der Waals surface area contributed by atoms with Crippen molar-refractivity contribution < 1.29 is 0 Å². The van der Waals surface area contributed by atoms with Crippen molar-refractivity contribution in [3.8, 4) is 0 Å². The van der Waals surface area contributed by atoms with E-state index in [9.17, 15) is 0 Å². The fraction of sp³-hybridized carbons (Fsp3) is 0.312. The second-order valence-corrected chi connectivity index (χ2v) is 5.80. The van der Waals surface area contributed by atoms with Crippen LogP contribution in [0.4, 0.5) is 5.82 Å². The Morgan fingerprint density at radius 2 is 1.95 bits per heavy atom. The van der Waals surface area contributed by atoms with Gasteiger partial charge in [0.2, 0.25) is 0 Å². The van der Waals surface area contributed by atoms with E-state index < -0.39 is 0 Å². The minimum Gasteiger partial charge on any atom is -0.352 e. The van der Waals surface area contributed by atoms with Gasteiger partial charge in [-0.3, -0.25) is 0 Å². The van der Waals surface area contributed by atoms with E-state index >= 15 is 0 Å². The Kier molecular flexibility index (Phi) is 5.45. The van der Waals surface area contributed by atoms with Gasteiger partial charge in [-0.2, -0.15) is 0 Å². The number of anilines is 1. The van der Waals surface area contributed by atoms with Crippen molar-refractivity contribution in [3.63, 3.8) is 0 Å². The van der Waals surface area contributed by atoms with Gasteiger partial charge in [0.15, 0.2) is 0 Å². The van der Waals surface area contributed by atoms with Crippen LogP contribution >= 0.6 is 23.2 Å². The molecule has 0 saturated heterocycles. The highest BCUT2D eigenvalue weighted by atomic mass is 35.5. The van der Waals surface area contributed by atoms with Crippen LogP contribution in [0.25, 0.3) is 0 Å². The standard InChI is InChI=1S/C16H19Cl2N3/c1-11(13-6-4-5-7-14(13)17)21(3)16-15(18)8-12(9-19-2)10-20-16/h4-8,10-11,19H,9H2,1-3H3. The van der Waals surface area contributed by atoms with Crippen molar-refractivity contribution in [1.82, 2.24) is 10.3 Å². The summed E-state index contributed by atoms with van der Waals surface area (Å²) in [5, 5.41) is 4.48. The molecule has 1 heterocycles. The predicted molar refractivity (Wildman–Crippen MR) is 90.3 cm³/mol. The van der Waals surface area contributed by atoms with E-state index in [1.54, 1.807) is 0 Å². The van der Waals surface area contributed by atoms with Gasteiger partial charge in [-0.15, -0.1) is 0 Å². The first-order valence-electron chi connectivity index (χ1n) is 6.81. The number of pyridine rings is 1. The SMILES string of the molecule is CNCc1cnc(N(C)C(C)c2ccccc2Cl)c(Cl)c1. The third kappa shape index (κ3) is 3.67. The maximum atomic E-state index is 6.37. The Bertz CT molecular complexity index is 616. The monoisotopic (exact) mass is 323 g/mol. The Labute approximate surface area is 135 Å². The minimum absolute atomic E-state index is 0.0823. The molecule has 0 bridgehead atoms. The van der Waals surface area contributed by atoms with Crippen molar-refractivity contribution >= 4 is 29.0 Å². The van der Waals surface area contributed by atoms with Crippen molar-refractivity contribution in [1.29, 1.82) is 0 Å². The molecule has 1 atom stereocenters. The van der Waals surface area contributed by atoms with Crippen LogP contribution in [-0.4, -0.2) is 19.1 Å². The average molecular weight is 324 g/mol. The molecule has 0 spiro atoms. The fourth-order valence-electron chi connectivity index (χ4n) is 2.24. The molecule has 21 heavy (non-hydrogen) atoms. The summed E-state index contributed by atoms with van der Waals surface area (Å²) in [5.74, 6) is 0.754. The van der Waals surface area contributed by atoms with Crippen LogP contribution in [0.5, 0.6) is 0 Å². The van der Waals surface area contributed by atoms with Crippen LogP contribution < -0.4 is 10.2 Å². The van der Waals surface area contributed by atoms with Gasteiger partial charge in [0, 0.05) is 24.8 Å². The molecule has 0 aliphatic heterocycles. The maximum Gasteiger partial charge on any atom is 0.147 e. The molecule has 1 aromatic heterocycles. The summed E-state index contributed by atoms with van der Waals surface area (Å²) in [6, 6.07) is 9.85. The Hall–Kier alpha value is -1.29. The molecular formula is C16H19Cl2N3. The van der Waals surface area contributed by atoms with Crippen LogP contribution in [0.2, 0.25) is 10.0 Å². The van der Waals surface area contributed by atoms with Gasteiger partial charge in [-0.25, -0.2) is 4.98 Å². The van der Waals surface area contributed by atoms with Crippen molar-refractivity contribution in [2.45, 2.75) is 19.5 Å². The first-order valence-corrected chi connectivity index (χ1v) is 7.56. The molecule has 0 fully saturated rings. The van der Waals surface area contributed by atoms with Gasteiger partial charge in [0.1, 0.15) is 5.82 Å². The highest BCUT2D eigenvalue weighted by Gasteiger charge is 2.18. The summed E-state index contributed by atoms with van der Waals surface area (Å²) < 4.78 is 0. The van der Waals surface area contributed by atoms with Crippen LogP contribution in [0.15, 0.2) is 36.5 Å². The highest BCUT2D eigenvalue weighted by Crippen LogP contribution is 2.32. The number of rotatable bonds is 5. The molecule has 5 heteroatoms. The first kappa shape index (κ1) is 16.1. The van der Waals surface area contributed by atoms with E-state index in [4.69, 9.17) is 23.2 Å². The van der Waals surface area contributed by atoms with Crippen LogP contribution in [-0.2, 0) is 6.54 Å². The predicted octanol–water partition coefficient (Wildman–Crippen LogP) is 4.31. The number of aromatic nitrogens is 1. The van der Waals surface area contributed by atoms with Crippen LogP contribution in [0.1, 0.15) is 24.1 Å². The number of hydrogen-bond acceptors (Lipinski definition) is 3. The van der Waals surface area contributed by atoms with Gasteiger partial charge in [-0.1, -0.05) is 41.4 Å². The molecule has 0 radical (unpaired) electrons. The number of benzene rings is 1. The molecule has 112 valence electrons. The van der Waals surface area contributed by atoms with Crippen molar-refractivity contribution in [2.75, 3.05) is 19.0 Å². The zero-order valence-corrected chi connectivity index (χ0v) is 13.9. The fourth-order valence-corrected chi connectivity index (χ4v) is 2.85. The van der Waals surface area contributed by atoms with Gasteiger partial charge in [-0.05, 0) is 37.2 Å². The number of hydrogen-bond donors (Lipinski definition) is 1. The smallest absolute Gasteiger partial charge is 0.147 e. The number of nitrogens with zero attached hydrogens (tertiary/aromatic N) is 2.